The second-order valence-corrected chi connectivity index (χ2v) is 3.72. The van der Waals surface area contributed by atoms with Gasteiger partial charge in [-0.2, -0.15) is 0 Å². The Balaban J connectivity index is 2.26. The molecule has 0 spiro atoms. The minimum absolute atomic E-state index is 0.0979. The van der Waals surface area contributed by atoms with Gasteiger partial charge in [0.15, 0.2) is 11.6 Å². The van der Waals surface area contributed by atoms with Crippen molar-refractivity contribution in [3.63, 3.8) is 0 Å². The van der Waals surface area contributed by atoms with E-state index < -0.39 is 0 Å². The van der Waals surface area contributed by atoms with E-state index in [0.29, 0.717) is 24.3 Å². The van der Waals surface area contributed by atoms with Gasteiger partial charge in [0.2, 0.25) is 0 Å². The van der Waals surface area contributed by atoms with Crippen LogP contribution in [0.2, 0.25) is 0 Å². The van der Waals surface area contributed by atoms with Crippen molar-refractivity contribution < 1.29 is 14.3 Å². The molecule has 3 rings (SSSR count). The number of carbonyl (C=O) groups excluding carboxylic acids is 2. The molecule has 3 heteroatoms. The normalized spacial score (nSPS) is 17.9. The van der Waals surface area contributed by atoms with Gasteiger partial charge in [0, 0.05) is 11.1 Å². The number of allylic oxidation sites excluding steroid dienone is 2. The van der Waals surface area contributed by atoms with Crippen LogP contribution in [-0.2, 0) is 18.0 Å². The number of fused-ring (bicyclic) bond motifs is 2. The first-order valence-electron chi connectivity index (χ1n) is 4.76. The Kier molecular flexibility index (Phi) is 1.64. The summed E-state index contributed by atoms with van der Waals surface area (Å²) in [6.45, 7) is 1.07. The third kappa shape index (κ3) is 1.17. The predicted octanol–water partition coefficient (Wildman–Crippen LogP) is 1.65. The summed E-state index contributed by atoms with van der Waals surface area (Å²) in [6, 6.07) is 3.56. The molecule has 2 aliphatic rings. The van der Waals surface area contributed by atoms with Crippen LogP contribution in [0.4, 0.5) is 0 Å². The molecular formula is C12H8O3. The maximum absolute atomic E-state index is 11.6. The molecule has 0 atom stereocenters. The van der Waals surface area contributed by atoms with E-state index in [9.17, 15) is 9.59 Å². The molecule has 0 aromatic heterocycles. The molecular weight excluding hydrogens is 192 g/mol. The fraction of sp³-hybridized carbons (Fsp3) is 0.167. The van der Waals surface area contributed by atoms with Gasteiger partial charge < -0.3 is 4.74 Å². The lowest BCUT2D eigenvalue weighted by Gasteiger charge is -2.10. The number of benzene rings is 1. The van der Waals surface area contributed by atoms with Gasteiger partial charge in [-0.15, -0.1) is 0 Å². The Bertz CT molecular complexity index is 467. The Labute approximate surface area is 86.4 Å². The highest BCUT2D eigenvalue weighted by molar-refractivity contribution is 6.22. The zero-order valence-corrected chi connectivity index (χ0v) is 7.95. The van der Waals surface area contributed by atoms with Crippen LogP contribution in [0.15, 0.2) is 24.3 Å². The standard InChI is InChI=1S/C12H8O3/c13-11-1-2-12(14)10-4-8-6-15-5-7(8)3-9(10)11/h1-4H,5-6H2. The number of ether oxygens (including phenoxy) is 1. The molecule has 15 heavy (non-hydrogen) atoms. The molecule has 0 amide bonds. The number of ketones is 2. The third-order valence-electron chi connectivity index (χ3n) is 2.77. The first-order chi connectivity index (χ1) is 7.25. The summed E-state index contributed by atoms with van der Waals surface area (Å²) in [4.78, 5) is 23.1. The number of hydrogen-bond donors (Lipinski definition) is 0. The van der Waals surface area contributed by atoms with Gasteiger partial charge in [0.05, 0.1) is 13.2 Å². The van der Waals surface area contributed by atoms with Crippen molar-refractivity contribution >= 4 is 11.6 Å². The van der Waals surface area contributed by atoms with E-state index in [1.165, 1.54) is 12.2 Å². The molecule has 3 nitrogen and oxygen atoms in total. The van der Waals surface area contributed by atoms with Gasteiger partial charge in [-0.3, -0.25) is 9.59 Å². The zero-order valence-electron chi connectivity index (χ0n) is 7.95. The monoisotopic (exact) mass is 200 g/mol. The van der Waals surface area contributed by atoms with Crippen LogP contribution in [0.5, 0.6) is 0 Å². The fourth-order valence-corrected chi connectivity index (χ4v) is 1.97. The van der Waals surface area contributed by atoms with Crippen molar-refractivity contribution in [3.05, 3.63) is 46.5 Å². The summed E-state index contributed by atoms with van der Waals surface area (Å²) >= 11 is 0. The average Bonchev–Trinajstić information content (AvgIpc) is 2.69. The Morgan fingerprint density at radius 3 is 1.80 bits per heavy atom. The van der Waals surface area contributed by atoms with Crippen LogP contribution in [-0.4, -0.2) is 11.6 Å². The van der Waals surface area contributed by atoms with E-state index >= 15 is 0 Å². The summed E-state index contributed by atoms with van der Waals surface area (Å²) in [7, 11) is 0. The summed E-state index contributed by atoms with van der Waals surface area (Å²) < 4.78 is 5.26. The topological polar surface area (TPSA) is 43.4 Å². The molecule has 0 fully saturated rings. The van der Waals surface area contributed by atoms with Crippen LogP contribution < -0.4 is 0 Å². The summed E-state index contributed by atoms with van der Waals surface area (Å²) in [5, 5.41) is 0. The van der Waals surface area contributed by atoms with Crippen molar-refractivity contribution in [3.8, 4) is 0 Å². The van der Waals surface area contributed by atoms with Gasteiger partial charge in [-0.05, 0) is 35.4 Å². The third-order valence-corrected chi connectivity index (χ3v) is 2.77. The predicted molar refractivity (Wildman–Crippen MR) is 52.7 cm³/mol. The Morgan fingerprint density at radius 2 is 1.33 bits per heavy atom. The molecule has 1 aromatic rings. The van der Waals surface area contributed by atoms with Crippen molar-refractivity contribution in [1.29, 1.82) is 0 Å². The number of hydrogen-bond acceptors (Lipinski definition) is 3. The smallest absolute Gasteiger partial charge is 0.186 e. The van der Waals surface area contributed by atoms with Crippen LogP contribution >= 0.6 is 0 Å². The molecule has 1 heterocycles. The summed E-state index contributed by atoms with van der Waals surface area (Å²) in [5.41, 5.74) is 3.05. The quantitative estimate of drug-likeness (QED) is 0.639. The zero-order chi connectivity index (χ0) is 10.4. The van der Waals surface area contributed by atoms with Crippen LogP contribution in [0.3, 0.4) is 0 Å². The number of carbonyl (C=O) groups is 2. The molecule has 1 aliphatic heterocycles. The molecule has 1 aliphatic carbocycles. The lowest BCUT2D eigenvalue weighted by Crippen LogP contribution is -2.12. The van der Waals surface area contributed by atoms with Crippen molar-refractivity contribution in [2.45, 2.75) is 13.2 Å². The molecule has 0 unspecified atom stereocenters. The lowest BCUT2D eigenvalue weighted by molar-refractivity contribution is 0.0994. The fourth-order valence-electron chi connectivity index (χ4n) is 1.97. The first kappa shape index (κ1) is 8.56. The van der Waals surface area contributed by atoms with E-state index in [-0.39, 0.29) is 11.6 Å². The van der Waals surface area contributed by atoms with E-state index in [1.54, 1.807) is 12.1 Å². The summed E-state index contributed by atoms with van der Waals surface area (Å²) in [5.74, 6) is -0.196. The van der Waals surface area contributed by atoms with E-state index in [0.717, 1.165) is 11.1 Å². The van der Waals surface area contributed by atoms with Crippen LogP contribution in [0.25, 0.3) is 0 Å². The van der Waals surface area contributed by atoms with Crippen molar-refractivity contribution in [1.82, 2.24) is 0 Å². The highest BCUT2D eigenvalue weighted by Gasteiger charge is 2.23. The van der Waals surface area contributed by atoms with Crippen LogP contribution in [0, 0.1) is 0 Å². The van der Waals surface area contributed by atoms with Gasteiger partial charge in [0.25, 0.3) is 0 Å². The second-order valence-electron chi connectivity index (χ2n) is 3.72. The lowest BCUT2D eigenvalue weighted by atomic mass is 9.91. The highest BCUT2D eigenvalue weighted by Crippen LogP contribution is 2.26. The van der Waals surface area contributed by atoms with Crippen molar-refractivity contribution in [2.75, 3.05) is 0 Å². The molecule has 74 valence electrons. The minimum Gasteiger partial charge on any atom is -0.372 e. The largest absolute Gasteiger partial charge is 0.372 e. The minimum atomic E-state index is -0.0979. The van der Waals surface area contributed by atoms with Gasteiger partial charge in [0.1, 0.15) is 0 Å². The SMILES string of the molecule is O=C1C=CC(=O)c2cc3c(cc21)COC3. The molecule has 0 N–H and O–H groups in total. The average molecular weight is 200 g/mol. The van der Waals surface area contributed by atoms with Crippen molar-refractivity contribution in [2.24, 2.45) is 0 Å². The van der Waals surface area contributed by atoms with Gasteiger partial charge >= 0.3 is 0 Å². The van der Waals surface area contributed by atoms with Gasteiger partial charge in [-0.25, -0.2) is 0 Å². The second kappa shape index (κ2) is 2.87. The van der Waals surface area contributed by atoms with E-state index in [1.807, 2.05) is 0 Å². The Morgan fingerprint density at radius 1 is 0.867 bits per heavy atom. The van der Waals surface area contributed by atoms with Crippen LogP contribution in [0.1, 0.15) is 31.8 Å². The molecule has 1 aromatic carbocycles. The number of rotatable bonds is 0. The summed E-state index contributed by atoms with van der Waals surface area (Å²) in [6.07, 6.45) is 2.65. The van der Waals surface area contributed by atoms with Gasteiger partial charge in [-0.1, -0.05) is 0 Å². The van der Waals surface area contributed by atoms with E-state index in [2.05, 4.69) is 0 Å². The maximum Gasteiger partial charge on any atom is 0.186 e. The maximum atomic E-state index is 11.6. The first-order valence-corrected chi connectivity index (χ1v) is 4.76. The van der Waals surface area contributed by atoms with E-state index in [4.69, 9.17) is 4.74 Å². The molecule has 0 bridgehead atoms. The molecule has 0 radical (unpaired) electrons. The highest BCUT2D eigenvalue weighted by atomic mass is 16.5. The molecule has 0 saturated heterocycles. The Hall–Kier alpha value is -1.74. The molecule has 0 saturated carbocycles.